The molecular formula is C14H24N4O5S2. The Balaban J connectivity index is 2.65. The highest BCUT2D eigenvalue weighted by atomic mass is 32.1. The van der Waals surface area contributed by atoms with Crippen LogP contribution < -0.4 is 16.4 Å². The third kappa shape index (κ3) is 5.79. The number of amides is 3. The van der Waals surface area contributed by atoms with Gasteiger partial charge >= 0.3 is 5.97 Å². The second-order valence-electron chi connectivity index (χ2n) is 5.79. The molecular weight excluding hydrogens is 368 g/mol. The van der Waals surface area contributed by atoms with Gasteiger partial charge in [0.1, 0.15) is 18.1 Å². The van der Waals surface area contributed by atoms with Crippen LogP contribution in [0.4, 0.5) is 0 Å². The molecule has 0 radical (unpaired) electrons. The lowest BCUT2D eigenvalue weighted by Crippen LogP contribution is -2.57. The normalized spacial score (nSPS) is 20.5. The molecule has 1 aliphatic heterocycles. The fraction of sp³-hybridized carbons (Fsp3) is 0.714. The van der Waals surface area contributed by atoms with Crippen molar-refractivity contribution in [2.45, 2.75) is 43.9 Å². The SMILES string of the molecule is CC(NC(=O)C(CS)NC(=O)C(N)CS)C(=O)N1CCCC1C(=O)O. The molecule has 0 aromatic carbocycles. The van der Waals surface area contributed by atoms with Gasteiger partial charge in [0.15, 0.2) is 0 Å². The minimum atomic E-state index is -1.06. The fourth-order valence-corrected chi connectivity index (χ4v) is 2.89. The summed E-state index contributed by atoms with van der Waals surface area (Å²) in [6.45, 7) is 1.80. The number of carbonyl (C=O) groups is 4. The van der Waals surface area contributed by atoms with Crippen LogP contribution in [0.3, 0.4) is 0 Å². The number of nitrogens with zero attached hydrogens (tertiary/aromatic N) is 1. The van der Waals surface area contributed by atoms with E-state index in [0.717, 1.165) is 0 Å². The smallest absolute Gasteiger partial charge is 0.326 e. The molecule has 0 bridgehead atoms. The Morgan fingerprint density at radius 2 is 1.84 bits per heavy atom. The zero-order chi connectivity index (χ0) is 19.1. The Labute approximate surface area is 156 Å². The monoisotopic (exact) mass is 392 g/mol. The molecule has 11 heteroatoms. The highest BCUT2D eigenvalue weighted by molar-refractivity contribution is 7.80. The lowest BCUT2D eigenvalue weighted by molar-refractivity contribution is -0.149. The second kappa shape index (κ2) is 9.88. The predicted octanol–water partition coefficient (Wildman–Crippen LogP) is -1.76. The number of likely N-dealkylation sites (tertiary alicyclic amines) is 1. The van der Waals surface area contributed by atoms with Gasteiger partial charge in [0.25, 0.3) is 0 Å². The minimum Gasteiger partial charge on any atom is -0.480 e. The van der Waals surface area contributed by atoms with Gasteiger partial charge in [0, 0.05) is 18.1 Å². The van der Waals surface area contributed by atoms with Crippen LogP contribution >= 0.6 is 25.3 Å². The highest BCUT2D eigenvalue weighted by Crippen LogP contribution is 2.18. The van der Waals surface area contributed by atoms with Crippen molar-refractivity contribution >= 4 is 48.9 Å². The quantitative estimate of drug-likeness (QED) is 0.270. The maximum Gasteiger partial charge on any atom is 0.326 e. The lowest BCUT2D eigenvalue weighted by atomic mass is 10.2. The number of thiol groups is 2. The number of hydrogen-bond acceptors (Lipinski definition) is 7. The molecule has 4 atom stereocenters. The number of rotatable bonds is 8. The molecule has 0 saturated carbocycles. The summed E-state index contributed by atoms with van der Waals surface area (Å²) in [6, 6.07) is -3.63. The molecule has 0 aromatic heterocycles. The van der Waals surface area contributed by atoms with Gasteiger partial charge in [0.2, 0.25) is 17.7 Å². The maximum absolute atomic E-state index is 12.4. The second-order valence-corrected chi connectivity index (χ2v) is 6.52. The van der Waals surface area contributed by atoms with Crippen molar-refractivity contribution < 1.29 is 24.3 Å². The Morgan fingerprint density at radius 3 is 2.36 bits per heavy atom. The molecule has 5 N–H and O–H groups in total. The molecule has 1 aliphatic rings. The summed E-state index contributed by atoms with van der Waals surface area (Å²) in [5.41, 5.74) is 5.53. The molecule has 3 amide bonds. The summed E-state index contributed by atoms with van der Waals surface area (Å²) in [4.78, 5) is 48.8. The first kappa shape index (κ1) is 21.6. The van der Waals surface area contributed by atoms with Crippen molar-refractivity contribution in [1.82, 2.24) is 15.5 Å². The molecule has 4 unspecified atom stereocenters. The van der Waals surface area contributed by atoms with Gasteiger partial charge in [-0.1, -0.05) is 0 Å². The average Bonchev–Trinajstić information content (AvgIpc) is 3.07. The van der Waals surface area contributed by atoms with Crippen LogP contribution in [0, 0.1) is 0 Å². The molecule has 142 valence electrons. The summed E-state index contributed by atoms with van der Waals surface area (Å²) in [5, 5.41) is 14.1. The first-order valence-electron chi connectivity index (χ1n) is 7.84. The molecule has 0 spiro atoms. The van der Waals surface area contributed by atoms with E-state index in [0.29, 0.717) is 19.4 Å². The summed E-state index contributed by atoms with van der Waals surface area (Å²) in [7, 11) is 0. The van der Waals surface area contributed by atoms with E-state index in [1.54, 1.807) is 0 Å². The summed E-state index contributed by atoms with van der Waals surface area (Å²) in [5.74, 6) is -2.55. The maximum atomic E-state index is 12.4. The van der Waals surface area contributed by atoms with Gasteiger partial charge in [-0.3, -0.25) is 14.4 Å². The van der Waals surface area contributed by atoms with E-state index in [2.05, 4.69) is 35.9 Å². The number of carboxylic acids is 1. The number of carboxylic acid groups (broad SMARTS) is 1. The molecule has 1 fully saturated rings. The van der Waals surface area contributed by atoms with Crippen molar-refractivity contribution in [2.75, 3.05) is 18.1 Å². The first-order chi connectivity index (χ1) is 11.7. The first-order valence-corrected chi connectivity index (χ1v) is 9.10. The molecule has 1 heterocycles. The van der Waals surface area contributed by atoms with Crippen LogP contribution in [0.1, 0.15) is 19.8 Å². The molecule has 1 saturated heterocycles. The molecule has 0 aliphatic carbocycles. The molecule has 9 nitrogen and oxygen atoms in total. The number of carbonyl (C=O) groups excluding carboxylic acids is 3. The third-order valence-electron chi connectivity index (χ3n) is 3.90. The number of hydrogen-bond donors (Lipinski definition) is 6. The zero-order valence-corrected chi connectivity index (χ0v) is 15.6. The largest absolute Gasteiger partial charge is 0.480 e. The Bertz CT molecular complexity index is 533. The van der Waals surface area contributed by atoms with Crippen LogP contribution in [0.5, 0.6) is 0 Å². The molecule has 1 rings (SSSR count). The predicted molar refractivity (Wildman–Crippen MR) is 97.6 cm³/mol. The van der Waals surface area contributed by atoms with Gasteiger partial charge in [-0.25, -0.2) is 4.79 Å². The zero-order valence-electron chi connectivity index (χ0n) is 13.8. The number of nitrogens with one attached hydrogen (secondary N) is 2. The third-order valence-corrected chi connectivity index (χ3v) is 4.66. The van der Waals surface area contributed by atoms with Gasteiger partial charge < -0.3 is 26.4 Å². The Hall–Kier alpha value is -1.46. The van der Waals surface area contributed by atoms with Crippen molar-refractivity contribution in [3.05, 3.63) is 0 Å². The van der Waals surface area contributed by atoms with Crippen molar-refractivity contribution in [2.24, 2.45) is 5.73 Å². The van der Waals surface area contributed by atoms with Gasteiger partial charge in [0.05, 0.1) is 6.04 Å². The van der Waals surface area contributed by atoms with E-state index < -0.39 is 47.9 Å². The minimum absolute atomic E-state index is 0.0131. The van der Waals surface area contributed by atoms with Gasteiger partial charge in [-0.2, -0.15) is 25.3 Å². The summed E-state index contributed by atoms with van der Waals surface area (Å²) in [6.07, 6.45) is 0.985. The summed E-state index contributed by atoms with van der Waals surface area (Å²) < 4.78 is 0. The molecule has 0 aromatic rings. The van der Waals surface area contributed by atoms with Gasteiger partial charge in [-0.05, 0) is 19.8 Å². The Kier molecular flexibility index (Phi) is 8.53. The molecule has 25 heavy (non-hydrogen) atoms. The van der Waals surface area contributed by atoms with Crippen LogP contribution in [0.2, 0.25) is 0 Å². The van der Waals surface area contributed by atoms with Crippen LogP contribution in [0.15, 0.2) is 0 Å². The van der Waals surface area contributed by atoms with E-state index in [4.69, 9.17) is 10.8 Å². The van der Waals surface area contributed by atoms with Crippen LogP contribution in [-0.4, -0.2) is 75.9 Å². The topological polar surface area (TPSA) is 142 Å². The number of aliphatic carboxylic acids is 1. The highest BCUT2D eigenvalue weighted by Gasteiger charge is 2.36. The summed E-state index contributed by atoms with van der Waals surface area (Å²) >= 11 is 7.93. The van der Waals surface area contributed by atoms with Crippen LogP contribution in [-0.2, 0) is 19.2 Å². The van der Waals surface area contributed by atoms with Crippen molar-refractivity contribution in [3.8, 4) is 0 Å². The van der Waals surface area contributed by atoms with Crippen LogP contribution in [0.25, 0.3) is 0 Å². The van der Waals surface area contributed by atoms with E-state index >= 15 is 0 Å². The fourth-order valence-electron chi connectivity index (χ4n) is 2.47. The van der Waals surface area contributed by atoms with E-state index in [1.807, 2.05) is 0 Å². The standard InChI is InChI=1S/C14H24N4O5S2/c1-7(13(21)18-4-2-3-10(18)14(22)23)16-12(20)9(6-25)17-11(19)8(15)5-24/h7-10,24-25H,2-6,15H2,1H3,(H,16,20)(H,17,19)(H,22,23). The Morgan fingerprint density at radius 1 is 1.20 bits per heavy atom. The van der Waals surface area contributed by atoms with Crippen molar-refractivity contribution in [1.29, 1.82) is 0 Å². The lowest BCUT2D eigenvalue weighted by Gasteiger charge is -2.26. The van der Waals surface area contributed by atoms with Gasteiger partial charge in [-0.15, -0.1) is 0 Å². The van der Waals surface area contributed by atoms with E-state index in [1.165, 1.54) is 11.8 Å². The van der Waals surface area contributed by atoms with Crippen molar-refractivity contribution in [3.63, 3.8) is 0 Å². The van der Waals surface area contributed by atoms with E-state index in [9.17, 15) is 19.2 Å². The average molecular weight is 393 g/mol. The number of nitrogens with two attached hydrogens (primary N) is 1. The van der Waals surface area contributed by atoms with E-state index in [-0.39, 0.29) is 11.5 Å².